The highest BCUT2D eigenvalue weighted by molar-refractivity contribution is 5.16. The molecule has 0 heterocycles. The van der Waals surface area contributed by atoms with Crippen molar-refractivity contribution < 1.29 is 5.11 Å². The molecule has 1 heteroatoms. The molecule has 0 spiro atoms. The van der Waals surface area contributed by atoms with Gasteiger partial charge in [-0.2, -0.15) is 0 Å². The number of rotatable bonds is 6. The van der Waals surface area contributed by atoms with Gasteiger partial charge in [-0.05, 0) is 31.6 Å². The van der Waals surface area contributed by atoms with E-state index in [1.807, 2.05) is 0 Å². The smallest absolute Gasteiger partial charge is 0.0468 e. The minimum Gasteiger partial charge on any atom is -0.396 e. The van der Waals surface area contributed by atoms with Crippen LogP contribution in [0, 0.1) is 11.8 Å². The SMILES string of the molecule is CCCC(C)C(CCO)=C(C)C(C)C. The van der Waals surface area contributed by atoms with E-state index in [9.17, 15) is 0 Å². The summed E-state index contributed by atoms with van der Waals surface area (Å²) in [6.07, 6.45) is 3.31. The van der Waals surface area contributed by atoms with Gasteiger partial charge in [0.2, 0.25) is 0 Å². The lowest BCUT2D eigenvalue weighted by atomic mass is 9.86. The first kappa shape index (κ1) is 13.7. The molecule has 0 bridgehead atoms. The average molecular weight is 198 g/mol. The molecule has 0 aromatic rings. The average Bonchev–Trinajstić information content (AvgIpc) is 2.13. The number of hydrogen-bond acceptors (Lipinski definition) is 1. The molecular formula is C13H26O. The molecule has 0 aromatic heterocycles. The summed E-state index contributed by atoms with van der Waals surface area (Å²) in [5.41, 5.74) is 2.95. The van der Waals surface area contributed by atoms with E-state index in [0.29, 0.717) is 11.8 Å². The predicted octanol–water partition coefficient (Wildman–Crippen LogP) is 3.78. The molecule has 0 radical (unpaired) electrons. The van der Waals surface area contributed by atoms with Gasteiger partial charge in [0.25, 0.3) is 0 Å². The Balaban J connectivity index is 4.64. The molecule has 0 aliphatic rings. The van der Waals surface area contributed by atoms with Gasteiger partial charge in [-0.15, -0.1) is 0 Å². The van der Waals surface area contributed by atoms with Crippen LogP contribution in [0.1, 0.15) is 53.9 Å². The maximum Gasteiger partial charge on any atom is 0.0468 e. The van der Waals surface area contributed by atoms with Gasteiger partial charge in [0, 0.05) is 6.61 Å². The first-order valence-electron chi connectivity index (χ1n) is 5.84. The summed E-state index contributed by atoms with van der Waals surface area (Å²) in [5, 5.41) is 9.05. The van der Waals surface area contributed by atoms with Crippen LogP contribution in [0.15, 0.2) is 11.1 Å². The fourth-order valence-electron chi connectivity index (χ4n) is 1.93. The largest absolute Gasteiger partial charge is 0.396 e. The van der Waals surface area contributed by atoms with E-state index in [0.717, 1.165) is 6.42 Å². The maximum atomic E-state index is 9.05. The fraction of sp³-hybridized carbons (Fsp3) is 0.846. The van der Waals surface area contributed by atoms with E-state index in [4.69, 9.17) is 5.11 Å². The van der Waals surface area contributed by atoms with Crippen molar-refractivity contribution in [2.75, 3.05) is 6.61 Å². The Morgan fingerprint density at radius 3 is 2.14 bits per heavy atom. The molecule has 0 amide bonds. The molecule has 14 heavy (non-hydrogen) atoms. The molecule has 0 aliphatic carbocycles. The van der Waals surface area contributed by atoms with Crippen molar-refractivity contribution in [3.8, 4) is 0 Å². The van der Waals surface area contributed by atoms with Crippen LogP contribution in [0.3, 0.4) is 0 Å². The zero-order valence-corrected chi connectivity index (χ0v) is 10.4. The van der Waals surface area contributed by atoms with Gasteiger partial charge in [0.05, 0.1) is 0 Å². The van der Waals surface area contributed by atoms with Gasteiger partial charge < -0.3 is 5.11 Å². The Labute approximate surface area is 89.2 Å². The molecule has 0 saturated carbocycles. The molecule has 1 nitrogen and oxygen atoms in total. The topological polar surface area (TPSA) is 20.2 Å². The minimum atomic E-state index is 0.285. The van der Waals surface area contributed by atoms with E-state index in [2.05, 4.69) is 34.6 Å². The summed E-state index contributed by atoms with van der Waals surface area (Å²) < 4.78 is 0. The van der Waals surface area contributed by atoms with Gasteiger partial charge in [0.15, 0.2) is 0 Å². The van der Waals surface area contributed by atoms with Gasteiger partial charge in [-0.25, -0.2) is 0 Å². The number of allylic oxidation sites excluding steroid dienone is 1. The van der Waals surface area contributed by atoms with Crippen LogP contribution in [0.2, 0.25) is 0 Å². The van der Waals surface area contributed by atoms with Crippen LogP contribution in [0.25, 0.3) is 0 Å². The number of hydrogen-bond donors (Lipinski definition) is 1. The predicted molar refractivity (Wildman–Crippen MR) is 63.3 cm³/mol. The van der Waals surface area contributed by atoms with Crippen molar-refractivity contribution in [3.63, 3.8) is 0 Å². The van der Waals surface area contributed by atoms with Gasteiger partial charge in [-0.3, -0.25) is 0 Å². The number of aliphatic hydroxyl groups is 1. The monoisotopic (exact) mass is 198 g/mol. The molecular weight excluding hydrogens is 172 g/mol. The molecule has 0 saturated heterocycles. The summed E-state index contributed by atoms with van der Waals surface area (Å²) >= 11 is 0. The summed E-state index contributed by atoms with van der Waals surface area (Å²) in [7, 11) is 0. The van der Waals surface area contributed by atoms with Gasteiger partial charge >= 0.3 is 0 Å². The second-order valence-corrected chi connectivity index (χ2v) is 4.53. The van der Waals surface area contributed by atoms with Crippen molar-refractivity contribution in [2.45, 2.75) is 53.9 Å². The Morgan fingerprint density at radius 2 is 1.79 bits per heavy atom. The van der Waals surface area contributed by atoms with Crippen LogP contribution in [0.4, 0.5) is 0 Å². The van der Waals surface area contributed by atoms with E-state index in [-0.39, 0.29) is 6.61 Å². The summed E-state index contributed by atoms with van der Waals surface area (Å²) in [5.74, 6) is 1.24. The standard InChI is InChI=1S/C13H26O/c1-6-7-11(4)13(8-9-14)12(5)10(2)3/h10-11,14H,6-9H2,1-5H3. The Hall–Kier alpha value is -0.300. The van der Waals surface area contributed by atoms with Gasteiger partial charge in [0.1, 0.15) is 0 Å². The fourth-order valence-corrected chi connectivity index (χ4v) is 1.93. The van der Waals surface area contributed by atoms with E-state index in [1.54, 1.807) is 0 Å². The zero-order chi connectivity index (χ0) is 11.1. The van der Waals surface area contributed by atoms with Crippen molar-refractivity contribution in [1.82, 2.24) is 0 Å². The number of aliphatic hydroxyl groups excluding tert-OH is 1. The molecule has 1 unspecified atom stereocenters. The van der Waals surface area contributed by atoms with Crippen LogP contribution in [-0.2, 0) is 0 Å². The Morgan fingerprint density at radius 1 is 1.21 bits per heavy atom. The highest BCUT2D eigenvalue weighted by atomic mass is 16.2. The third-order valence-electron chi connectivity index (χ3n) is 3.07. The molecule has 0 aliphatic heterocycles. The highest BCUT2D eigenvalue weighted by Gasteiger charge is 2.12. The lowest BCUT2D eigenvalue weighted by Crippen LogP contribution is -2.07. The normalized spacial score (nSPS) is 15.6. The molecule has 0 fully saturated rings. The first-order chi connectivity index (χ1) is 6.54. The molecule has 0 rings (SSSR count). The third kappa shape index (κ3) is 4.28. The Bertz CT molecular complexity index is 180. The van der Waals surface area contributed by atoms with Crippen molar-refractivity contribution >= 4 is 0 Å². The molecule has 1 atom stereocenters. The van der Waals surface area contributed by atoms with E-state index in [1.165, 1.54) is 24.0 Å². The quantitative estimate of drug-likeness (QED) is 0.644. The van der Waals surface area contributed by atoms with Crippen LogP contribution in [-0.4, -0.2) is 11.7 Å². The maximum absolute atomic E-state index is 9.05. The lowest BCUT2D eigenvalue weighted by Gasteiger charge is -2.20. The van der Waals surface area contributed by atoms with Crippen LogP contribution < -0.4 is 0 Å². The Kier molecular flexibility index (Phi) is 6.90. The first-order valence-corrected chi connectivity index (χ1v) is 5.84. The van der Waals surface area contributed by atoms with Gasteiger partial charge in [-0.1, -0.05) is 45.3 Å². The van der Waals surface area contributed by atoms with Crippen molar-refractivity contribution in [1.29, 1.82) is 0 Å². The lowest BCUT2D eigenvalue weighted by molar-refractivity contribution is 0.292. The summed E-state index contributed by atoms with van der Waals surface area (Å²) in [6.45, 7) is 11.4. The van der Waals surface area contributed by atoms with E-state index >= 15 is 0 Å². The second-order valence-electron chi connectivity index (χ2n) is 4.53. The second kappa shape index (κ2) is 7.05. The van der Waals surface area contributed by atoms with Crippen molar-refractivity contribution in [3.05, 3.63) is 11.1 Å². The zero-order valence-electron chi connectivity index (χ0n) is 10.4. The highest BCUT2D eigenvalue weighted by Crippen LogP contribution is 2.26. The molecule has 0 aromatic carbocycles. The van der Waals surface area contributed by atoms with Crippen molar-refractivity contribution in [2.24, 2.45) is 11.8 Å². The van der Waals surface area contributed by atoms with E-state index < -0.39 is 0 Å². The molecule has 1 N–H and O–H groups in total. The summed E-state index contributed by atoms with van der Waals surface area (Å²) in [4.78, 5) is 0. The van der Waals surface area contributed by atoms with Crippen LogP contribution >= 0.6 is 0 Å². The summed E-state index contributed by atoms with van der Waals surface area (Å²) in [6, 6.07) is 0. The van der Waals surface area contributed by atoms with Crippen LogP contribution in [0.5, 0.6) is 0 Å². The third-order valence-corrected chi connectivity index (χ3v) is 3.07. The molecule has 84 valence electrons. The minimum absolute atomic E-state index is 0.285.